The lowest BCUT2D eigenvalue weighted by atomic mass is 9.98. The average molecular weight is 395 g/mol. The molecule has 142 valence electrons. The van der Waals surface area contributed by atoms with Gasteiger partial charge in [0, 0.05) is 11.3 Å². The summed E-state index contributed by atoms with van der Waals surface area (Å²) in [4.78, 5) is 23.7. The first-order chi connectivity index (χ1) is 13.6. The molecule has 3 aromatic rings. The maximum atomic E-state index is 12.3. The molecule has 0 unspecified atom stereocenters. The third-order valence-corrected chi connectivity index (χ3v) is 5.62. The molecule has 2 N–H and O–H groups in total. The molecule has 28 heavy (non-hydrogen) atoms. The van der Waals surface area contributed by atoms with Gasteiger partial charge in [-0.25, -0.2) is 9.59 Å². The van der Waals surface area contributed by atoms with Gasteiger partial charge in [0.2, 0.25) is 0 Å². The predicted molar refractivity (Wildman–Crippen MR) is 107 cm³/mol. The zero-order valence-corrected chi connectivity index (χ0v) is 15.8. The van der Waals surface area contributed by atoms with E-state index in [1.807, 2.05) is 36.4 Å². The van der Waals surface area contributed by atoms with Gasteiger partial charge in [0.25, 0.3) is 0 Å². The van der Waals surface area contributed by atoms with Crippen LogP contribution >= 0.6 is 11.3 Å². The molecular formula is C21H17NO5S. The third kappa shape index (κ3) is 3.10. The fourth-order valence-corrected chi connectivity index (χ4v) is 4.40. The molecular weight excluding hydrogens is 378 g/mol. The van der Waals surface area contributed by atoms with Gasteiger partial charge in [-0.1, -0.05) is 48.5 Å². The van der Waals surface area contributed by atoms with E-state index in [1.165, 1.54) is 12.5 Å². The van der Waals surface area contributed by atoms with Crippen LogP contribution < -0.4 is 10.1 Å². The Morgan fingerprint density at radius 2 is 1.68 bits per heavy atom. The van der Waals surface area contributed by atoms with Crippen LogP contribution in [0, 0.1) is 0 Å². The van der Waals surface area contributed by atoms with Gasteiger partial charge < -0.3 is 14.6 Å². The summed E-state index contributed by atoms with van der Waals surface area (Å²) in [6.45, 7) is 0.158. The van der Waals surface area contributed by atoms with Crippen LogP contribution in [0.1, 0.15) is 27.4 Å². The summed E-state index contributed by atoms with van der Waals surface area (Å²) in [5.74, 6) is -1.03. The normalized spacial score (nSPS) is 12.2. The molecule has 1 amide bonds. The lowest BCUT2D eigenvalue weighted by molar-refractivity contribution is 0.0695. The molecule has 1 heterocycles. The van der Waals surface area contributed by atoms with Crippen molar-refractivity contribution < 1.29 is 24.2 Å². The van der Waals surface area contributed by atoms with Crippen LogP contribution in [0.3, 0.4) is 0 Å². The molecule has 6 nitrogen and oxygen atoms in total. The number of carboxylic acids is 1. The Balaban J connectivity index is 1.51. The van der Waals surface area contributed by atoms with E-state index in [-0.39, 0.29) is 28.8 Å². The molecule has 0 atom stereocenters. The molecule has 0 saturated heterocycles. The average Bonchev–Trinajstić information content (AvgIpc) is 3.25. The van der Waals surface area contributed by atoms with E-state index in [4.69, 9.17) is 9.47 Å². The monoisotopic (exact) mass is 395 g/mol. The van der Waals surface area contributed by atoms with Gasteiger partial charge in [0.1, 0.15) is 22.9 Å². The van der Waals surface area contributed by atoms with Crippen LogP contribution in [0.2, 0.25) is 0 Å². The number of aromatic carboxylic acids is 1. The molecule has 0 bridgehead atoms. The van der Waals surface area contributed by atoms with Crippen molar-refractivity contribution in [3.8, 4) is 16.9 Å². The largest absolute Gasteiger partial charge is 0.495 e. The molecule has 4 rings (SSSR count). The molecule has 0 radical (unpaired) electrons. The smallest absolute Gasteiger partial charge is 0.412 e. The van der Waals surface area contributed by atoms with Gasteiger partial charge in [0.05, 0.1) is 7.11 Å². The van der Waals surface area contributed by atoms with E-state index in [0.717, 1.165) is 33.6 Å². The summed E-state index contributed by atoms with van der Waals surface area (Å²) in [6, 6.07) is 16.1. The molecule has 0 spiro atoms. The van der Waals surface area contributed by atoms with Crippen LogP contribution in [0.5, 0.6) is 5.75 Å². The molecule has 0 fully saturated rings. The van der Waals surface area contributed by atoms with Gasteiger partial charge in [-0.15, -0.1) is 11.3 Å². The quantitative estimate of drug-likeness (QED) is 0.647. The maximum Gasteiger partial charge on any atom is 0.412 e. The Morgan fingerprint density at radius 1 is 1.07 bits per heavy atom. The number of nitrogens with one attached hydrogen (secondary N) is 1. The van der Waals surface area contributed by atoms with E-state index in [1.54, 1.807) is 0 Å². The predicted octanol–water partition coefficient (Wildman–Crippen LogP) is 4.82. The number of thiophene rings is 1. The van der Waals surface area contributed by atoms with Gasteiger partial charge in [0.15, 0.2) is 0 Å². The van der Waals surface area contributed by atoms with E-state index < -0.39 is 12.1 Å². The SMILES string of the molecule is COc1csc(NC(=O)OCC2c3ccccc3-c3ccccc32)c1C(=O)O. The first-order valence-electron chi connectivity index (χ1n) is 8.61. The second-order valence-electron chi connectivity index (χ2n) is 6.26. The zero-order valence-electron chi connectivity index (χ0n) is 15.0. The lowest BCUT2D eigenvalue weighted by Crippen LogP contribution is -2.18. The number of fused-ring (bicyclic) bond motifs is 3. The first kappa shape index (κ1) is 18.1. The third-order valence-electron chi connectivity index (χ3n) is 4.75. The van der Waals surface area contributed by atoms with E-state index in [2.05, 4.69) is 17.4 Å². The number of benzene rings is 2. The van der Waals surface area contributed by atoms with Gasteiger partial charge >= 0.3 is 12.1 Å². The molecule has 1 aliphatic rings. The van der Waals surface area contributed by atoms with Gasteiger partial charge in [-0.2, -0.15) is 0 Å². The second kappa shape index (κ2) is 7.36. The van der Waals surface area contributed by atoms with Crippen molar-refractivity contribution >= 4 is 28.4 Å². The summed E-state index contributed by atoms with van der Waals surface area (Å²) in [5.41, 5.74) is 4.42. The number of rotatable bonds is 5. The maximum absolute atomic E-state index is 12.3. The van der Waals surface area contributed by atoms with Crippen molar-refractivity contribution in [3.05, 3.63) is 70.6 Å². The number of amides is 1. The number of methoxy groups -OCH3 is 1. The van der Waals surface area contributed by atoms with Gasteiger partial charge in [-0.3, -0.25) is 5.32 Å². The number of hydrogen-bond donors (Lipinski definition) is 2. The van der Waals surface area contributed by atoms with Crippen molar-refractivity contribution in [2.75, 3.05) is 19.0 Å². The van der Waals surface area contributed by atoms with Crippen molar-refractivity contribution in [1.82, 2.24) is 0 Å². The highest BCUT2D eigenvalue weighted by Gasteiger charge is 2.29. The van der Waals surface area contributed by atoms with Crippen molar-refractivity contribution in [2.45, 2.75) is 5.92 Å². The van der Waals surface area contributed by atoms with Crippen LogP contribution in [0.15, 0.2) is 53.9 Å². The van der Waals surface area contributed by atoms with Crippen molar-refractivity contribution in [3.63, 3.8) is 0 Å². The van der Waals surface area contributed by atoms with Crippen LogP contribution in [-0.4, -0.2) is 30.9 Å². The van der Waals surface area contributed by atoms with E-state index >= 15 is 0 Å². The topological polar surface area (TPSA) is 84.9 Å². The summed E-state index contributed by atoms with van der Waals surface area (Å²) < 4.78 is 10.5. The van der Waals surface area contributed by atoms with Crippen LogP contribution in [0.4, 0.5) is 9.80 Å². The summed E-state index contributed by atoms with van der Waals surface area (Å²) >= 11 is 1.07. The highest BCUT2D eigenvalue weighted by atomic mass is 32.1. The molecule has 7 heteroatoms. The Kier molecular flexibility index (Phi) is 4.75. The van der Waals surface area contributed by atoms with Crippen molar-refractivity contribution in [1.29, 1.82) is 0 Å². The second-order valence-corrected chi connectivity index (χ2v) is 7.14. The fraction of sp³-hybridized carbons (Fsp3) is 0.143. The molecule has 1 aliphatic carbocycles. The Hall–Kier alpha value is -3.32. The Bertz CT molecular complexity index is 1010. The molecule has 0 aliphatic heterocycles. The van der Waals surface area contributed by atoms with Gasteiger partial charge in [-0.05, 0) is 22.3 Å². The molecule has 1 aromatic heterocycles. The minimum absolute atomic E-state index is 0.0602. The van der Waals surface area contributed by atoms with Crippen LogP contribution in [-0.2, 0) is 4.74 Å². The summed E-state index contributed by atoms with van der Waals surface area (Å²) in [7, 11) is 1.38. The number of carbonyl (C=O) groups is 2. The number of carboxylic acid groups (broad SMARTS) is 1. The zero-order chi connectivity index (χ0) is 19.7. The number of ether oxygens (including phenoxy) is 2. The highest BCUT2D eigenvalue weighted by Crippen LogP contribution is 2.44. The minimum Gasteiger partial charge on any atom is -0.495 e. The number of hydrogen-bond acceptors (Lipinski definition) is 5. The van der Waals surface area contributed by atoms with E-state index in [0.29, 0.717) is 0 Å². The Morgan fingerprint density at radius 3 is 2.25 bits per heavy atom. The lowest BCUT2D eigenvalue weighted by Gasteiger charge is -2.14. The number of anilines is 1. The standard InChI is InChI=1S/C21H17NO5S/c1-26-17-11-28-19(18(17)20(23)24)22-21(25)27-10-16-14-8-4-2-6-12(14)13-7-3-5-9-15(13)16/h2-9,11,16H,10H2,1H3,(H,22,25)(H,23,24). The van der Waals surface area contributed by atoms with Crippen molar-refractivity contribution in [2.24, 2.45) is 0 Å². The number of carbonyl (C=O) groups excluding carboxylic acids is 1. The minimum atomic E-state index is -1.17. The molecule has 0 saturated carbocycles. The summed E-state index contributed by atoms with van der Waals surface area (Å²) in [5, 5.41) is 13.6. The summed E-state index contributed by atoms with van der Waals surface area (Å²) in [6.07, 6.45) is -0.700. The first-order valence-corrected chi connectivity index (χ1v) is 9.49. The molecule has 2 aromatic carbocycles. The Labute approximate surface area is 165 Å². The van der Waals surface area contributed by atoms with E-state index in [9.17, 15) is 14.7 Å². The fourth-order valence-electron chi connectivity index (χ4n) is 3.51. The highest BCUT2D eigenvalue weighted by molar-refractivity contribution is 7.15. The van der Waals surface area contributed by atoms with Crippen LogP contribution in [0.25, 0.3) is 11.1 Å².